The van der Waals surface area contributed by atoms with E-state index in [9.17, 15) is 8.42 Å². The van der Waals surface area contributed by atoms with Crippen molar-refractivity contribution >= 4 is 10.0 Å². The Labute approximate surface area is 148 Å². The van der Waals surface area contributed by atoms with Crippen LogP contribution in [0.5, 0.6) is 0 Å². The van der Waals surface area contributed by atoms with Gasteiger partial charge in [-0.1, -0.05) is 43.5 Å². The van der Waals surface area contributed by atoms with Gasteiger partial charge in [-0.2, -0.15) is 0 Å². The van der Waals surface area contributed by atoms with E-state index in [1.165, 1.54) is 17.5 Å². The first-order chi connectivity index (χ1) is 12.1. The third kappa shape index (κ3) is 2.23. The van der Waals surface area contributed by atoms with E-state index < -0.39 is 10.0 Å². The fourth-order valence-electron chi connectivity index (χ4n) is 5.04. The predicted molar refractivity (Wildman–Crippen MR) is 96.7 cm³/mol. The number of sulfonamides is 1. The van der Waals surface area contributed by atoms with Crippen LogP contribution < -0.4 is 4.72 Å². The zero-order valence-electron chi connectivity index (χ0n) is 14.2. The molecule has 1 spiro atoms. The van der Waals surface area contributed by atoms with Crippen molar-refractivity contribution in [2.24, 2.45) is 0 Å². The van der Waals surface area contributed by atoms with E-state index in [1.54, 1.807) is 0 Å². The van der Waals surface area contributed by atoms with E-state index in [0.29, 0.717) is 0 Å². The molecule has 1 N–H and O–H groups in total. The highest BCUT2D eigenvalue weighted by molar-refractivity contribution is 7.90. The molecule has 2 fully saturated rings. The minimum absolute atomic E-state index is 0.0216. The largest absolute Gasteiger partial charge is 0.320 e. The van der Waals surface area contributed by atoms with Crippen LogP contribution in [0, 0.1) is 0 Å². The van der Waals surface area contributed by atoms with Gasteiger partial charge in [0.25, 0.3) is 0 Å². The molecule has 2 saturated carbocycles. The van der Waals surface area contributed by atoms with Crippen LogP contribution in [0.1, 0.15) is 50.5 Å². The molecule has 0 bridgehead atoms. The zero-order valence-corrected chi connectivity index (χ0v) is 15.0. The summed E-state index contributed by atoms with van der Waals surface area (Å²) in [7, 11) is -3.21. The van der Waals surface area contributed by atoms with Gasteiger partial charge in [-0.25, -0.2) is 18.1 Å². The van der Waals surface area contributed by atoms with Crippen LogP contribution in [0.25, 0.3) is 11.3 Å². The van der Waals surface area contributed by atoms with Crippen molar-refractivity contribution < 1.29 is 8.42 Å². The Balaban J connectivity index is 1.38. The lowest BCUT2D eigenvalue weighted by molar-refractivity contribution is 0.161. The molecule has 1 aromatic heterocycles. The molecule has 1 aliphatic heterocycles. The molecule has 1 aromatic carbocycles. The number of fused-ring (bicyclic) bond motifs is 5. The first-order valence-electron chi connectivity index (χ1n) is 9.24. The second kappa shape index (κ2) is 5.42. The summed E-state index contributed by atoms with van der Waals surface area (Å²) in [5.74, 6) is 0. The van der Waals surface area contributed by atoms with Gasteiger partial charge < -0.3 is 4.57 Å². The SMILES string of the molecule is O=S(=O)(NC1CC2(C1)c1ccccc1-c1cncn12)C1CCCCC1. The van der Waals surface area contributed by atoms with Crippen molar-refractivity contribution in [2.75, 3.05) is 0 Å². The maximum Gasteiger partial charge on any atom is 0.214 e. The van der Waals surface area contributed by atoms with Crippen LogP contribution in [0.2, 0.25) is 0 Å². The monoisotopic (exact) mass is 357 g/mol. The van der Waals surface area contributed by atoms with Gasteiger partial charge in [0.1, 0.15) is 0 Å². The number of imidazole rings is 1. The normalized spacial score (nSPS) is 28.6. The molecule has 132 valence electrons. The van der Waals surface area contributed by atoms with E-state index >= 15 is 0 Å². The van der Waals surface area contributed by atoms with Crippen molar-refractivity contribution in [1.29, 1.82) is 0 Å². The fraction of sp³-hybridized carbons (Fsp3) is 0.526. The van der Waals surface area contributed by atoms with Crippen LogP contribution in [0.15, 0.2) is 36.8 Å². The molecule has 5 rings (SSSR count). The van der Waals surface area contributed by atoms with Crippen molar-refractivity contribution in [3.63, 3.8) is 0 Å². The van der Waals surface area contributed by atoms with Crippen LogP contribution in [0.4, 0.5) is 0 Å². The number of nitrogens with one attached hydrogen (secondary N) is 1. The second-order valence-electron chi connectivity index (χ2n) is 7.75. The summed E-state index contributed by atoms with van der Waals surface area (Å²) < 4.78 is 30.7. The quantitative estimate of drug-likeness (QED) is 0.918. The molecule has 2 heterocycles. The summed E-state index contributed by atoms with van der Waals surface area (Å²) >= 11 is 0. The topological polar surface area (TPSA) is 64.0 Å². The summed E-state index contributed by atoms with van der Waals surface area (Å²) in [6.07, 6.45) is 10.3. The lowest BCUT2D eigenvalue weighted by Gasteiger charge is -2.47. The van der Waals surface area contributed by atoms with E-state index in [1.807, 2.05) is 12.5 Å². The molecule has 0 unspecified atom stereocenters. The van der Waals surface area contributed by atoms with E-state index in [2.05, 4.69) is 38.5 Å². The summed E-state index contributed by atoms with van der Waals surface area (Å²) in [5, 5.41) is -0.197. The van der Waals surface area contributed by atoms with Gasteiger partial charge >= 0.3 is 0 Å². The fourth-order valence-corrected chi connectivity index (χ4v) is 6.81. The molecule has 6 heteroatoms. The molecule has 5 nitrogen and oxygen atoms in total. The minimum Gasteiger partial charge on any atom is -0.320 e. The molecule has 0 atom stereocenters. The van der Waals surface area contributed by atoms with Gasteiger partial charge in [0.05, 0.1) is 29.0 Å². The number of rotatable bonds is 3. The molecule has 0 saturated heterocycles. The third-order valence-electron chi connectivity index (χ3n) is 6.29. The Kier molecular flexibility index (Phi) is 3.38. The van der Waals surface area contributed by atoms with E-state index in [4.69, 9.17) is 0 Å². The van der Waals surface area contributed by atoms with Crippen LogP contribution in [0.3, 0.4) is 0 Å². The number of aromatic nitrogens is 2. The molecule has 0 amide bonds. The Bertz CT molecular complexity index is 906. The number of benzene rings is 1. The van der Waals surface area contributed by atoms with E-state index in [-0.39, 0.29) is 16.8 Å². The van der Waals surface area contributed by atoms with Gasteiger partial charge in [0, 0.05) is 11.6 Å². The van der Waals surface area contributed by atoms with Gasteiger partial charge in [0.15, 0.2) is 0 Å². The number of hydrogen-bond donors (Lipinski definition) is 1. The maximum absolute atomic E-state index is 12.7. The van der Waals surface area contributed by atoms with Crippen LogP contribution >= 0.6 is 0 Å². The highest BCUT2D eigenvalue weighted by Crippen LogP contribution is 2.54. The van der Waals surface area contributed by atoms with Gasteiger partial charge in [0.2, 0.25) is 10.0 Å². The van der Waals surface area contributed by atoms with Crippen LogP contribution in [-0.4, -0.2) is 29.3 Å². The zero-order chi connectivity index (χ0) is 17.1. The summed E-state index contributed by atoms with van der Waals surface area (Å²) in [6.45, 7) is 0. The summed E-state index contributed by atoms with van der Waals surface area (Å²) in [6, 6.07) is 8.45. The molecule has 0 radical (unpaired) electrons. The minimum atomic E-state index is -3.21. The molecular formula is C19H23N3O2S. The first-order valence-corrected chi connectivity index (χ1v) is 10.8. The van der Waals surface area contributed by atoms with Crippen LogP contribution in [-0.2, 0) is 15.6 Å². The summed E-state index contributed by atoms with van der Waals surface area (Å²) in [5.41, 5.74) is 3.56. The maximum atomic E-state index is 12.7. The highest BCUT2D eigenvalue weighted by atomic mass is 32.2. The Morgan fingerprint density at radius 1 is 1.12 bits per heavy atom. The van der Waals surface area contributed by atoms with Gasteiger partial charge in [-0.3, -0.25) is 0 Å². The Morgan fingerprint density at radius 2 is 1.88 bits per heavy atom. The van der Waals surface area contributed by atoms with Crippen molar-refractivity contribution in [3.05, 3.63) is 42.4 Å². The van der Waals surface area contributed by atoms with Gasteiger partial charge in [-0.05, 0) is 31.2 Å². The molecule has 3 aliphatic rings. The lowest BCUT2D eigenvalue weighted by atomic mass is 9.69. The van der Waals surface area contributed by atoms with Crippen molar-refractivity contribution in [2.45, 2.75) is 61.8 Å². The number of nitrogens with zero attached hydrogens (tertiary/aromatic N) is 2. The molecular weight excluding hydrogens is 334 g/mol. The first kappa shape index (κ1) is 15.6. The average Bonchev–Trinajstić information content (AvgIpc) is 3.17. The highest BCUT2D eigenvalue weighted by Gasteiger charge is 2.53. The van der Waals surface area contributed by atoms with Crippen molar-refractivity contribution in [1.82, 2.24) is 14.3 Å². The average molecular weight is 357 g/mol. The Morgan fingerprint density at radius 3 is 2.68 bits per heavy atom. The standard InChI is InChI=1S/C19H23N3O2S/c23-25(24,15-6-2-1-3-7-15)21-14-10-19(11-14)17-9-5-4-8-16(17)18-12-20-13-22(18)19/h4-5,8-9,12-15,21H,1-3,6-7,10-11H2. The van der Waals surface area contributed by atoms with Crippen molar-refractivity contribution in [3.8, 4) is 11.3 Å². The third-order valence-corrected chi connectivity index (χ3v) is 8.31. The summed E-state index contributed by atoms with van der Waals surface area (Å²) in [4.78, 5) is 4.32. The lowest BCUT2D eigenvalue weighted by Crippen LogP contribution is -2.56. The predicted octanol–water partition coefficient (Wildman–Crippen LogP) is 3.02. The Hall–Kier alpha value is -1.66. The molecule has 2 aliphatic carbocycles. The number of hydrogen-bond acceptors (Lipinski definition) is 3. The van der Waals surface area contributed by atoms with Gasteiger partial charge in [-0.15, -0.1) is 0 Å². The smallest absolute Gasteiger partial charge is 0.214 e. The van der Waals surface area contributed by atoms with E-state index in [0.717, 1.165) is 44.2 Å². The molecule has 2 aromatic rings. The molecule has 25 heavy (non-hydrogen) atoms. The second-order valence-corrected chi connectivity index (χ2v) is 9.75.